The Morgan fingerprint density at radius 2 is 1.26 bits per heavy atom. The second-order valence-electron chi connectivity index (χ2n) is 34.8. The number of hydrogen-bond acceptors (Lipinski definition) is 32. The highest BCUT2D eigenvalue weighted by Crippen LogP contribution is 2.52. The largest absolute Gasteiger partial charge is 0.507 e. The number of ketones is 2. The van der Waals surface area contributed by atoms with Gasteiger partial charge in [-0.2, -0.15) is 0 Å². The van der Waals surface area contributed by atoms with E-state index in [-0.39, 0.29) is 77.2 Å². The number of nitrogens with one attached hydrogen (secondary N) is 6. The summed E-state index contributed by atoms with van der Waals surface area (Å²) in [5.41, 5.74) is 1.99. The number of amides is 5. The molecule has 23 atom stereocenters. The highest BCUT2D eigenvalue weighted by molar-refractivity contribution is 6.32. The minimum absolute atomic E-state index is 0.0386. The molecular formula is C91H121Cl2N7O30. The quantitative estimate of drug-likeness (QED) is 0.0181. The second kappa shape index (κ2) is 46.1. The predicted octanol–water partition coefficient (Wildman–Crippen LogP) is 5.41. The van der Waals surface area contributed by atoms with E-state index >= 15 is 24.0 Å². The number of aromatic hydroxyl groups is 3. The number of fused-ring (bicyclic) bond motifs is 15. The third kappa shape index (κ3) is 24.3. The Bertz CT molecular complexity index is 4780. The zero-order chi connectivity index (χ0) is 94.3. The van der Waals surface area contributed by atoms with Gasteiger partial charge in [-0.1, -0.05) is 133 Å². The van der Waals surface area contributed by atoms with Crippen LogP contribution in [0.25, 0.3) is 11.1 Å². The maximum atomic E-state index is 16.6. The van der Waals surface area contributed by atoms with Gasteiger partial charge in [0.25, 0.3) is 6.47 Å². The fourth-order valence-corrected chi connectivity index (χ4v) is 17.8. The molecular weight excluding hydrogens is 1740 g/mol. The van der Waals surface area contributed by atoms with Gasteiger partial charge in [0.15, 0.2) is 41.7 Å². The summed E-state index contributed by atoms with van der Waals surface area (Å²) in [5, 5.41) is 166. The van der Waals surface area contributed by atoms with Gasteiger partial charge in [0.2, 0.25) is 47.8 Å². The van der Waals surface area contributed by atoms with Crippen LogP contribution in [0.4, 0.5) is 0 Å². The molecule has 11 bridgehead atoms. The zero-order valence-electron chi connectivity index (χ0n) is 73.1. The lowest BCUT2D eigenvalue weighted by atomic mass is 9.84. The molecule has 0 spiro atoms. The number of carbonyl (C=O) groups is 8. The van der Waals surface area contributed by atoms with Crippen molar-refractivity contribution in [2.24, 2.45) is 23.5 Å². The van der Waals surface area contributed by atoms with Gasteiger partial charge in [0, 0.05) is 66.9 Å². The second-order valence-corrected chi connectivity index (χ2v) is 35.6. The number of aliphatic hydroxyl groups excluding tert-OH is 10. The number of ether oxygens (including phenoxy) is 9. The molecule has 5 amide bonds. The highest BCUT2D eigenvalue weighted by atomic mass is 35.5. The Labute approximate surface area is 761 Å². The summed E-state index contributed by atoms with van der Waals surface area (Å²) in [4.78, 5) is 119. The summed E-state index contributed by atoms with van der Waals surface area (Å²) < 4.78 is 56.4. The van der Waals surface area contributed by atoms with E-state index in [9.17, 15) is 80.8 Å². The van der Waals surface area contributed by atoms with Crippen molar-refractivity contribution in [3.8, 4) is 57.1 Å². The van der Waals surface area contributed by atoms with Gasteiger partial charge in [-0.05, 0) is 122 Å². The van der Waals surface area contributed by atoms with Gasteiger partial charge in [0.1, 0.15) is 102 Å². The van der Waals surface area contributed by atoms with E-state index in [0.717, 1.165) is 74.6 Å². The number of primary amides is 1. The summed E-state index contributed by atoms with van der Waals surface area (Å²) in [6.07, 6.45) is -17.8. The fraction of sp³-hybridized carbons (Fsp3) is 0.582. The van der Waals surface area contributed by atoms with E-state index in [1.165, 1.54) is 68.9 Å². The number of rotatable bonds is 34. The van der Waals surface area contributed by atoms with Gasteiger partial charge >= 0.3 is 0 Å². The number of hydrogen-bond donors (Lipinski definition) is 20. The Morgan fingerprint density at radius 3 is 1.86 bits per heavy atom. The van der Waals surface area contributed by atoms with E-state index in [4.69, 9.17) is 71.6 Å². The summed E-state index contributed by atoms with van der Waals surface area (Å²) in [6, 6.07) is 7.24. The standard InChI is InChI=1S/C91H121Cl2N7O30/c1-7-9-10-11-12-13-14-15-16-17-18-25-96-91(6)38-68(124-44(5)83(91)117)129-82-79(115)77(113)66(41-102)128-90(82)130-81-63-33-49-34-64(81)126-62-24-21-48(31-56(62)93)74(110)72-87(121)100-88(123-42-103)53-37-58(105)54(39-95-26-27-122-89-80(116)78(114)76(112)65(40-101)127-89)75(111)69(53)52-29-46(19-22-57(52)104)51(86(120)99-72)36-60(107)70(49)97-85(119)50(35-67(94)108)32-59(106)71(98-84(118)45(8-2)28-43(3)4)73(109)47-20-23-61(125-63)55(92)30-47/h19-24,29-31,33-34,37,42-45,50-51,65-66,68,70-74,76-80,82-83,88-90,95-96,101-102,104-105,109-117H,7-18,25-28,32,35-36,38-41H2,1-6H3,(H2,94,108)(H,97,119)(H,98,118)(H,99,120)(H,100,121)/t44-,45+,50-,51-,65?,66+,68-,70+,71-,72-,73+,74+,76-,77?,78-,79?,80?,82+,83+,88+,89+,90-,91?/m0/s1. The van der Waals surface area contributed by atoms with Gasteiger partial charge in [0.05, 0.1) is 59.5 Å². The van der Waals surface area contributed by atoms with Gasteiger partial charge in [-0.15, -0.1) is 0 Å². The van der Waals surface area contributed by atoms with E-state index in [1.54, 1.807) is 20.8 Å². The van der Waals surface area contributed by atoms with Crippen LogP contribution >= 0.6 is 23.2 Å². The maximum absolute atomic E-state index is 16.6. The molecule has 714 valence electrons. The predicted molar refractivity (Wildman–Crippen MR) is 464 cm³/mol. The molecule has 0 radical (unpaired) electrons. The number of halogens is 2. The number of Topliss-reactive ketones (excluding diaryl/α,β-unsaturated/α-hetero) is 2. The molecule has 5 aromatic carbocycles. The third-order valence-electron chi connectivity index (χ3n) is 24.8. The average Bonchev–Trinajstić information content (AvgIpc) is 0.892. The van der Waals surface area contributed by atoms with Crippen LogP contribution in [0.1, 0.15) is 214 Å². The van der Waals surface area contributed by atoms with E-state index in [1.807, 2.05) is 13.8 Å². The number of aliphatic hydroxyl groups is 10. The molecule has 37 nitrogen and oxygen atoms in total. The Hall–Kier alpha value is -9.04. The molecule has 0 aromatic heterocycles. The lowest BCUT2D eigenvalue weighted by Crippen LogP contribution is -2.65. The number of carbonyl (C=O) groups excluding carboxylic acids is 8. The van der Waals surface area contributed by atoms with Gasteiger partial charge in [-0.3, -0.25) is 38.4 Å². The van der Waals surface area contributed by atoms with Crippen molar-refractivity contribution in [1.82, 2.24) is 31.9 Å². The molecule has 5 unspecified atom stereocenters. The number of phenolic OH excluding ortho intramolecular Hbond substituents is 3. The smallest absolute Gasteiger partial charge is 0.295 e. The minimum atomic E-state index is -2.26. The number of benzene rings is 5. The molecule has 21 N–H and O–H groups in total. The maximum Gasteiger partial charge on any atom is 0.295 e. The van der Waals surface area contributed by atoms with E-state index < -0.39 is 282 Å². The summed E-state index contributed by atoms with van der Waals surface area (Å²) in [7, 11) is 0. The monoisotopic (exact) mass is 1860 g/mol. The Kier molecular flexibility index (Phi) is 36.0. The van der Waals surface area contributed by atoms with Crippen molar-refractivity contribution in [3.05, 3.63) is 116 Å². The Balaban J connectivity index is 1.06. The third-order valence-corrected chi connectivity index (χ3v) is 25.4. The van der Waals surface area contributed by atoms with Crippen LogP contribution in [0.5, 0.6) is 46.0 Å². The topological polar surface area (TPSA) is 581 Å². The van der Waals surface area contributed by atoms with E-state index in [0.29, 0.717) is 13.0 Å². The van der Waals surface area contributed by atoms with Gasteiger partial charge < -0.3 is 147 Å². The molecule has 0 saturated carbocycles. The first-order chi connectivity index (χ1) is 62.0. The number of phenols is 3. The normalized spacial score (nSPS) is 29.2. The van der Waals surface area contributed by atoms with Crippen molar-refractivity contribution in [1.29, 1.82) is 0 Å². The average molecular weight is 1860 g/mol. The van der Waals surface area contributed by atoms with Crippen LogP contribution in [-0.4, -0.2) is 244 Å². The summed E-state index contributed by atoms with van der Waals surface area (Å²) >= 11 is 14.5. The first-order valence-electron chi connectivity index (χ1n) is 44.2. The molecule has 3 saturated heterocycles. The lowest BCUT2D eigenvalue weighted by molar-refractivity contribution is -0.334. The van der Waals surface area contributed by atoms with Crippen molar-refractivity contribution in [2.75, 3.05) is 32.9 Å². The van der Waals surface area contributed by atoms with Crippen LogP contribution in [-0.2, 0) is 73.3 Å². The van der Waals surface area contributed by atoms with Crippen LogP contribution in [0.3, 0.4) is 0 Å². The molecule has 8 heterocycles. The minimum Gasteiger partial charge on any atom is -0.507 e. The Morgan fingerprint density at radius 1 is 0.654 bits per heavy atom. The molecule has 13 rings (SSSR count). The zero-order valence-corrected chi connectivity index (χ0v) is 74.6. The molecule has 5 aromatic rings. The van der Waals surface area contributed by atoms with Crippen molar-refractivity contribution < 1.29 is 147 Å². The molecule has 8 aliphatic heterocycles. The number of nitrogens with two attached hydrogens (primary N) is 1. The first-order valence-corrected chi connectivity index (χ1v) is 45.0. The van der Waals surface area contributed by atoms with Crippen molar-refractivity contribution >= 4 is 70.8 Å². The van der Waals surface area contributed by atoms with Crippen molar-refractivity contribution in [2.45, 2.75) is 285 Å². The molecule has 130 heavy (non-hydrogen) atoms. The van der Waals surface area contributed by atoms with Gasteiger partial charge in [-0.25, -0.2) is 0 Å². The van der Waals surface area contributed by atoms with Crippen LogP contribution in [0.2, 0.25) is 10.0 Å². The number of unbranched alkanes of at least 4 members (excludes halogenated alkanes) is 10. The van der Waals surface area contributed by atoms with Crippen LogP contribution < -0.4 is 51.8 Å². The molecule has 0 aliphatic carbocycles. The first kappa shape index (κ1) is 101. The summed E-state index contributed by atoms with van der Waals surface area (Å²) in [5.74, 6) is -17.5. The SMILES string of the molecule is CCCCCCCCCCCCCNC1(C)C[C@H](O[C@@H]2C(O)C(O)[C@@H](CO)O[C@H]2Oc2c3cc4cc2Oc2ccc(cc2Cl)[C@@H](O)[C@@H](NC(=O)[C@H](CC)CC(C)C)C(=O)C[C@@H](CC(N)=O)C(=O)N[C@H]4C(=O)C[C@@H]2C(=O)N[C@H](C(=O)N[C@H](OC=O)c4cc(O)c(CNCCO[C@@H]5OC(CO)[C@H](O)[C@H](O)C5O)c(O)c4-c4cc2ccc4O)[C@H](O)c2ccc(c(Cl)c2)O3)O[C@@H](C)[C@H]1O. The highest BCUT2D eigenvalue weighted by Gasteiger charge is 2.53. The fourth-order valence-electron chi connectivity index (χ4n) is 17.4. The lowest BCUT2D eigenvalue weighted by Gasteiger charge is -2.48. The van der Waals surface area contributed by atoms with Crippen LogP contribution in [0.15, 0.2) is 72.8 Å². The molecule has 8 aliphatic rings. The molecule has 39 heteroatoms. The van der Waals surface area contributed by atoms with E-state index in [2.05, 4.69) is 38.8 Å². The van der Waals surface area contributed by atoms with Crippen molar-refractivity contribution in [3.63, 3.8) is 0 Å². The van der Waals surface area contributed by atoms with Crippen LogP contribution in [0, 0.1) is 17.8 Å². The summed E-state index contributed by atoms with van der Waals surface area (Å²) in [6.45, 7) is 8.70. The molecule has 3 fully saturated rings.